The van der Waals surface area contributed by atoms with Crippen molar-refractivity contribution in [2.45, 2.75) is 109 Å². The fraction of sp³-hybridized carbons (Fsp3) is 0.576. The summed E-state index contributed by atoms with van der Waals surface area (Å²) in [5, 5.41) is 2.07. The molecule has 0 aromatic heterocycles. The predicted octanol–water partition coefficient (Wildman–Crippen LogP) is 8.43. The molecule has 0 fully saturated rings. The molecule has 0 unspecified atom stereocenters. The van der Waals surface area contributed by atoms with Crippen molar-refractivity contribution in [1.29, 1.82) is 0 Å². The lowest BCUT2D eigenvalue weighted by Gasteiger charge is -2.30. The molecular weight excluding hydrogens is 476 g/mol. The number of fused-ring (bicyclic) bond motifs is 1. The van der Waals surface area contributed by atoms with E-state index in [1.165, 1.54) is 20.0 Å². The number of unbranched alkanes of at least 4 members (excludes halogenated alkanes) is 8. The Labute approximate surface area is 229 Å². The third-order valence-electron chi connectivity index (χ3n) is 7.30. The second-order valence-corrected chi connectivity index (χ2v) is 10.2. The van der Waals surface area contributed by atoms with E-state index in [-0.39, 0.29) is 18.0 Å². The standard InChI is InChI=1S/C33H48O5/c1-5-6-7-14-22-28(23-15-12-10-8-9-11-13-16-26-31(34)36-3)38-32(35)33(2,37-4)30-25-19-21-27-20-17-18-24-29(27)30/h12,15,17-21,24-25,28H,5-11,13-14,16,22-23,26H2,1-4H3/b15-12-/t28-,33-/m1/s1. The van der Waals surface area contributed by atoms with Gasteiger partial charge in [0.2, 0.25) is 0 Å². The highest BCUT2D eigenvalue weighted by Gasteiger charge is 2.39. The number of rotatable bonds is 19. The summed E-state index contributed by atoms with van der Waals surface area (Å²) in [7, 11) is 3.02. The summed E-state index contributed by atoms with van der Waals surface area (Å²) in [5.41, 5.74) is -0.352. The number of carbonyl (C=O) groups excluding carboxylic acids is 2. The highest BCUT2D eigenvalue weighted by atomic mass is 16.6. The first-order chi connectivity index (χ1) is 18.5. The van der Waals surface area contributed by atoms with Gasteiger partial charge in [-0.05, 0) is 49.8 Å². The van der Waals surface area contributed by atoms with Crippen molar-refractivity contribution < 1.29 is 23.8 Å². The Morgan fingerprint density at radius 1 is 0.868 bits per heavy atom. The Bertz CT molecular complexity index is 993. The van der Waals surface area contributed by atoms with Gasteiger partial charge in [0.15, 0.2) is 5.60 Å². The van der Waals surface area contributed by atoms with E-state index in [2.05, 4.69) is 23.8 Å². The van der Waals surface area contributed by atoms with E-state index in [1.807, 2.05) is 49.4 Å². The number of benzene rings is 2. The van der Waals surface area contributed by atoms with Crippen molar-refractivity contribution in [2.24, 2.45) is 0 Å². The van der Waals surface area contributed by atoms with Crippen LogP contribution in [-0.4, -0.2) is 32.3 Å². The van der Waals surface area contributed by atoms with Crippen LogP contribution in [0.1, 0.15) is 103 Å². The number of hydrogen-bond acceptors (Lipinski definition) is 5. The molecule has 5 nitrogen and oxygen atoms in total. The smallest absolute Gasteiger partial charge is 0.343 e. The zero-order chi connectivity index (χ0) is 27.6. The molecule has 2 atom stereocenters. The van der Waals surface area contributed by atoms with Crippen LogP contribution in [0.15, 0.2) is 54.6 Å². The van der Waals surface area contributed by atoms with Crippen molar-refractivity contribution in [3.05, 3.63) is 60.2 Å². The van der Waals surface area contributed by atoms with E-state index in [1.54, 1.807) is 7.11 Å². The minimum Gasteiger partial charge on any atom is -0.469 e. The van der Waals surface area contributed by atoms with E-state index in [0.29, 0.717) is 12.8 Å². The van der Waals surface area contributed by atoms with Crippen LogP contribution in [0.4, 0.5) is 0 Å². The van der Waals surface area contributed by atoms with Gasteiger partial charge in [0.05, 0.1) is 7.11 Å². The molecule has 0 N–H and O–H groups in total. The lowest BCUT2D eigenvalue weighted by atomic mass is 9.90. The van der Waals surface area contributed by atoms with Crippen LogP contribution < -0.4 is 0 Å². The SMILES string of the molecule is CCCCCC[C@H](C/C=C\CCCCCCCC(=O)OC)OC(=O)[C@](C)(OC)c1cccc2ccccc12. The summed E-state index contributed by atoms with van der Waals surface area (Å²) in [5.74, 6) is -0.460. The summed E-state index contributed by atoms with van der Waals surface area (Å²) in [4.78, 5) is 24.7. The molecule has 0 radical (unpaired) electrons. The summed E-state index contributed by atoms with van der Waals surface area (Å²) in [6.45, 7) is 4.01. The molecule has 0 heterocycles. The number of hydrogen-bond donors (Lipinski definition) is 0. The van der Waals surface area contributed by atoms with Crippen molar-refractivity contribution in [3.63, 3.8) is 0 Å². The van der Waals surface area contributed by atoms with Crippen molar-refractivity contribution >= 4 is 22.7 Å². The monoisotopic (exact) mass is 524 g/mol. The highest BCUT2D eigenvalue weighted by molar-refractivity contribution is 5.92. The summed E-state index contributed by atoms with van der Waals surface area (Å²) in [6.07, 6.45) is 17.2. The normalized spacial score (nSPS) is 13.9. The first-order valence-electron chi connectivity index (χ1n) is 14.4. The Morgan fingerprint density at radius 2 is 1.58 bits per heavy atom. The van der Waals surface area contributed by atoms with Crippen LogP contribution >= 0.6 is 0 Å². The number of methoxy groups -OCH3 is 2. The van der Waals surface area contributed by atoms with Gasteiger partial charge in [0.25, 0.3) is 0 Å². The van der Waals surface area contributed by atoms with Crippen LogP contribution in [-0.2, 0) is 29.4 Å². The molecule has 0 amide bonds. The third-order valence-corrected chi connectivity index (χ3v) is 7.30. The molecule has 0 bridgehead atoms. The average Bonchev–Trinajstić information content (AvgIpc) is 2.94. The van der Waals surface area contributed by atoms with E-state index in [0.717, 1.165) is 74.1 Å². The molecule has 38 heavy (non-hydrogen) atoms. The van der Waals surface area contributed by atoms with Crippen molar-refractivity contribution in [2.75, 3.05) is 14.2 Å². The minimum atomic E-state index is -1.18. The molecule has 0 aliphatic carbocycles. The van der Waals surface area contributed by atoms with Crippen LogP contribution in [0.3, 0.4) is 0 Å². The molecule has 0 saturated carbocycles. The quantitative estimate of drug-likeness (QED) is 0.105. The molecule has 0 saturated heterocycles. The van der Waals surface area contributed by atoms with Crippen LogP contribution in [0.25, 0.3) is 10.8 Å². The van der Waals surface area contributed by atoms with Crippen LogP contribution in [0, 0.1) is 0 Å². The average molecular weight is 525 g/mol. The zero-order valence-electron chi connectivity index (χ0n) is 24.0. The molecule has 0 aliphatic rings. The van der Waals surface area contributed by atoms with Crippen LogP contribution in [0.5, 0.6) is 0 Å². The largest absolute Gasteiger partial charge is 0.469 e. The molecule has 2 aromatic carbocycles. The number of carbonyl (C=O) groups is 2. The second-order valence-electron chi connectivity index (χ2n) is 10.2. The molecule has 0 spiro atoms. The predicted molar refractivity (Wildman–Crippen MR) is 155 cm³/mol. The van der Waals surface area contributed by atoms with Gasteiger partial charge in [-0.15, -0.1) is 0 Å². The Morgan fingerprint density at radius 3 is 2.34 bits per heavy atom. The van der Waals surface area contributed by atoms with E-state index in [4.69, 9.17) is 9.47 Å². The van der Waals surface area contributed by atoms with E-state index in [9.17, 15) is 9.59 Å². The first kappa shape index (κ1) is 31.6. The zero-order valence-corrected chi connectivity index (χ0v) is 24.0. The number of esters is 2. The summed E-state index contributed by atoms with van der Waals surface area (Å²) >= 11 is 0. The topological polar surface area (TPSA) is 61.8 Å². The first-order valence-corrected chi connectivity index (χ1v) is 14.4. The Balaban J connectivity index is 1.93. The lowest BCUT2D eigenvalue weighted by Crippen LogP contribution is -2.38. The lowest BCUT2D eigenvalue weighted by molar-refractivity contribution is -0.174. The van der Waals surface area contributed by atoms with Gasteiger partial charge in [-0.1, -0.05) is 100 Å². The summed E-state index contributed by atoms with van der Waals surface area (Å²) < 4.78 is 16.7. The highest BCUT2D eigenvalue weighted by Crippen LogP contribution is 2.33. The Kier molecular flexibility index (Phi) is 14.8. The number of allylic oxidation sites excluding steroid dienone is 1. The molecular formula is C33H48O5. The molecule has 210 valence electrons. The van der Waals surface area contributed by atoms with Gasteiger partial charge in [-0.25, -0.2) is 4.79 Å². The van der Waals surface area contributed by atoms with Gasteiger partial charge < -0.3 is 14.2 Å². The summed E-state index contributed by atoms with van der Waals surface area (Å²) in [6, 6.07) is 14.0. The van der Waals surface area contributed by atoms with E-state index < -0.39 is 5.60 Å². The molecule has 0 aliphatic heterocycles. The Hall–Kier alpha value is -2.66. The number of ether oxygens (including phenoxy) is 3. The van der Waals surface area contributed by atoms with Gasteiger partial charge in [-0.2, -0.15) is 0 Å². The van der Waals surface area contributed by atoms with Gasteiger partial charge in [0.1, 0.15) is 6.10 Å². The maximum Gasteiger partial charge on any atom is 0.343 e. The van der Waals surface area contributed by atoms with Gasteiger partial charge >= 0.3 is 11.9 Å². The second kappa shape index (κ2) is 17.8. The van der Waals surface area contributed by atoms with Crippen molar-refractivity contribution in [3.8, 4) is 0 Å². The van der Waals surface area contributed by atoms with Gasteiger partial charge in [0, 0.05) is 25.5 Å². The molecule has 2 aromatic rings. The fourth-order valence-corrected chi connectivity index (χ4v) is 4.76. The maximum atomic E-state index is 13.6. The third kappa shape index (κ3) is 10.2. The maximum absolute atomic E-state index is 13.6. The molecule has 5 heteroatoms. The fourth-order valence-electron chi connectivity index (χ4n) is 4.76. The van der Waals surface area contributed by atoms with Crippen LogP contribution in [0.2, 0.25) is 0 Å². The minimum absolute atomic E-state index is 0.124. The van der Waals surface area contributed by atoms with E-state index >= 15 is 0 Å². The van der Waals surface area contributed by atoms with Gasteiger partial charge in [-0.3, -0.25) is 4.79 Å². The molecule has 2 rings (SSSR count). The van der Waals surface area contributed by atoms with Crippen molar-refractivity contribution in [1.82, 2.24) is 0 Å².